The Morgan fingerprint density at radius 3 is 2.33 bits per heavy atom. The number of aliphatic carboxylic acids is 1. The minimum atomic E-state index is -1.04. The van der Waals surface area contributed by atoms with Crippen LogP contribution < -0.4 is 0 Å². The standard InChI is InChI=1S/C8H16O4.C8H14O3.CH4/c1-2-3-6(9)4-7(10)5-8(11)12;1-2-3-7-4-6(9)5-8(10)11-7;/h6-7,9-10H,2-5H2,1H3,(H,11,12);6-7,9H,2-5H2,1H3;1H4/t6?,7-;6-,7?;/m11./s1. The number of carboxylic acids is 1. The number of ether oxygens (including phenoxy) is 1. The van der Waals surface area contributed by atoms with Crippen molar-refractivity contribution in [3.8, 4) is 0 Å². The second kappa shape index (κ2) is 14.2. The highest BCUT2D eigenvalue weighted by atomic mass is 16.5. The number of rotatable bonds is 8. The van der Waals surface area contributed by atoms with E-state index in [2.05, 4.69) is 0 Å². The molecule has 0 aromatic rings. The van der Waals surface area contributed by atoms with Crippen LogP contribution in [-0.2, 0) is 14.3 Å². The van der Waals surface area contributed by atoms with E-state index in [9.17, 15) is 19.8 Å². The van der Waals surface area contributed by atoms with E-state index >= 15 is 0 Å². The summed E-state index contributed by atoms with van der Waals surface area (Å²) in [7, 11) is 0. The molecule has 0 amide bonds. The third-order valence-corrected chi connectivity index (χ3v) is 3.42. The number of aliphatic hydroxyl groups is 3. The molecule has 4 atom stereocenters. The van der Waals surface area contributed by atoms with Gasteiger partial charge in [0, 0.05) is 6.42 Å². The van der Waals surface area contributed by atoms with E-state index < -0.39 is 24.3 Å². The summed E-state index contributed by atoms with van der Waals surface area (Å²) in [6, 6.07) is 0. The molecule has 0 aromatic heterocycles. The predicted octanol–water partition coefficient (Wildman–Crippen LogP) is 1.86. The maximum absolute atomic E-state index is 10.8. The Hall–Kier alpha value is -1.18. The zero-order valence-corrected chi connectivity index (χ0v) is 14.0. The summed E-state index contributed by atoms with van der Waals surface area (Å²) in [6.07, 6.45) is 1.91. The lowest BCUT2D eigenvalue weighted by atomic mass is 10.0. The zero-order chi connectivity index (χ0) is 17.8. The van der Waals surface area contributed by atoms with Crippen LogP contribution in [0.2, 0.25) is 0 Å². The fourth-order valence-electron chi connectivity index (χ4n) is 2.41. The monoisotopic (exact) mass is 350 g/mol. The van der Waals surface area contributed by atoms with Gasteiger partial charge in [-0.2, -0.15) is 0 Å². The summed E-state index contributed by atoms with van der Waals surface area (Å²) < 4.78 is 5.00. The lowest BCUT2D eigenvalue weighted by Gasteiger charge is -2.25. The first-order valence-corrected chi connectivity index (χ1v) is 8.23. The summed E-state index contributed by atoms with van der Waals surface area (Å²) in [5, 5.41) is 35.7. The summed E-state index contributed by atoms with van der Waals surface area (Å²) in [4.78, 5) is 20.9. The van der Waals surface area contributed by atoms with E-state index in [0.717, 1.165) is 19.3 Å². The van der Waals surface area contributed by atoms with Crippen LogP contribution in [0, 0.1) is 0 Å². The Kier molecular flexibility index (Phi) is 14.8. The van der Waals surface area contributed by atoms with Crippen LogP contribution in [0.3, 0.4) is 0 Å². The van der Waals surface area contributed by atoms with E-state index in [4.69, 9.17) is 14.9 Å². The van der Waals surface area contributed by atoms with E-state index in [1.165, 1.54) is 0 Å². The number of cyclic esters (lactones) is 1. The molecule has 24 heavy (non-hydrogen) atoms. The second-order valence-corrected chi connectivity index (χ2v) is 5.92. The SMILES string of the molecule is C.CCCC(O)C[C@@H](O)CC(=O)O.CCCC1C[C@@H](O)CC(=O)O1. The van der Waals surface area contributed by atoms with Gasteiger partial charge < -0.3 is 25.2 Å². The van der Waals surface area contributed by atoms with Crippen molar-refractivity contribution in [2.75, 3.05) is 0 Å². The van der Waals surface area contributed by atoms with Gasteiger partial charge in [0.25, 0.3) is 0 Å². The summed E-state index contributed by atoms with van der Waals surface area (Å²) in [6.45, 7) is 3.96. The molecule has 0 radical (unpaired) electrons. The van der Waals surface area contributed by atoms with Crippen LogP contribution >= 0.6 is 0 Å². The Labute approximate surface area is 144 Å². The summed E-state index contributed by atoms with van der Waals surface area (Å²) in [5.41, 5.74) is 0. The average Bonchev–Trinajstić information content (AvgIpc) is 2.37. The molecule has 0 spiro atoms. The molecule has 7 heteroatoms. The lowest BCUT2D eigenvalue weighted by molar-refractivity contribution is -0.160. The van der Waals surface area contributed by atoms with Crippen molar-refractivity contribution < 1.29 is 34.8 Å². The molecule has 1 rings (SSSR count). The van der Waals surface area contributed by atoms with Gasteiger partial charge in [-0.15, -0.1) is 0 Å². The first-order valence-electron chi connectivity index (χ1n) is 8.23. The van der Waals surface area contributed by atoms with Gasteiger partial charge in [0.1, 0.15) is 6.10 Å². The van der Waals surface area contributed by atoms with E-state index in [0.29, 0.717) is 12.8 Å². The number of esters is 1. The van der Waals surface area contributed by atoms with Crippen molar-refractivity contribution >= 4 is 11.9 Å². The highest BCUT2D eigenvalue weighted by molar-refractivity contribution is 5.70. The van der Waals surface area contributed by atoms with Crippen LogP contribution in [0.5, 0.6) is 0 Å². The van der Waals surface area contributed by atoms with Gasteiger partial charge in [0.2, 0.25) is 0 Å². The molecule has 1 fully saturated rings. The first kappa shape index (κ1) is 25.1. The smallest absolute Gasteiger partial charge is 0.308 e. The number of hydrogen-bond acceptors (Lipinski definition) is 6. The molecule has 144 valence electrons. The summed E-state index contributed by atoms with van der Waals surface area (Å²) >= 11 is 0. The molecule has 2 unspecified atom stereocenters. The number of hydrogen-bond donors (Lipinski definition) is 4. The van der Waals surface area contributed by atoms with Crippen LogP contribution in [0.4, 0.5) is 0 Å². The predicted molar refractivity (Wildman–Crippen MR) is 90.6 cm³/mol. The highest BCUT2D eigenvalue weighted by Gasteiger charge is 2.26. The number of carboxylic acid groups (broad SMARTS) is 1. The second-order valence-electron chi connectivity index (χ2n) is 5.92. The van der Waals surface area contributed by atoms with Crippen LogP contribution in [0.1, 0.15) is 72.6 Å². The van der Waals surface area contributed by atoms with Crippen LogP contribution in [0.25, 0.3) is 0 Å². The van der Waals surface area contributed by atoms with E-state index in [1.54, 1.807) is 0 Å². The minimum Gasteiger partial charge on any atom is -0.481 e. The Morgan fingerprint density at radius 2 is 1.88 bits per heavy atom. The lowest BCUT2D eigenvalue weighted by Crippen LogP contribution is -2.32. The highest BCUT2D eigenvalue weighted by Crippen LogP contribution is 2.18. The van der Waals surface area contributed by atoms with Gasteiger partial charge in [0.15, 0.2) is 0 Å². The molecular formula is C17H34O7. The molecule has 1 aliphatic rings. The third kappa shape index (κ3) is 13.3. The first-order chi connectivity index (χ1) is 10.8. The molecule has 0 saturated carbocycles. The molecule has 4 N–H and O–H groups in total. The molecule has 0 aliphatic carbocycles. The quantitative estimate of drug-likeness (QED) is 0.492. The van der Waals surface area contributed by atoms with E-state index in [1.807, 2.05) is 13.8 Å². The number of carbonyl (C=O) groups is 2. The minimum absolute atomic E-state index is 0. The molecule has 7 nitrogen and oxygen atoms in total. The fraction of sp³-hybridized carbons (Fsp3) is 0.882. The van der Waals surface area contributed by atoms with Gasteiger partial charge in [-0.1, -0.05) is 34.1 Å². The topological polar surface area (TPSA) is 124 Å². The Balaban J connectivity index is 0. The Morgan fingerprint density at radius 1 is 1.25 bits per heavy atom. The molecule has 1 heterocycles. The number of carbonyl (C=O) groups excluding carboxylic acids is 1. The normalized spacial score (nSPS) is 22.3. The van der Waals surface area contributed by atoms with Gasteiger partial charge in [0.05, 0.1) is 31.2 Å². The maximum Gasteiger partial charge on any atom is 0.308 e. The van der Waals surface area contributed by atoms with Gasteiger partial charge in [-0.25, -0.2) is 0 Å². The van der Waals surface area contributed by atoms with Crippen molar-refractivity contribution in [1.29, 1.82) is 0 Å². The van der Waals surface area contributed by atoms with Crippen LogP contribution in [0.15, 0.2) is 0 Å². The van der Waals surface area contributed by atoms with Crippen molar-refractivity contribution in [3.63, 3.8) is 0 Å². The maximum atomic E-state index is 10.8. The van der Waals surface area contributed by atoms with Crippen molar-refractivity contribution in [3.05, 3.63) is 0 Å². The molecular weight excluding hydrogens is 316 g/mol. The molecule has 1 aliphatic heterocycles. The van der Waals surface area contributed by atoms with E-state index in [-0.39, 0.29) is 38.8 Å². The largest absolute Gasteiger partial charge is 0.481 e. The molecule has 1 saturated heterocycles. The third-order valence-electron chi connectivity index (χ3n) is 3.42. The van der Waals surface area contributed by atoms with Gasteiger partial charge in [-0.05, 0) is 19.3 Å². The van der Waals surface area contributed by atoms with Crippen molar-refractivity contribution in [2.45, 2.75) is 97.1 Å². The van der Waals surface area contributed by atoms with Gasteiger partial charge in [-0.3, -0.25) is 9.59 Å². The zero-order valence-electron chi connectivity index (χ0n) is 14.0. The van der Waals surface area contributed by atoms with Crippen molar-refractivity contribution in [2.24, 2.45) is 0 Å². The Bertz CT molecular complexity index is 346. The average molecular weight is 350 g/mol. The molecule has 0 aromatic carbocycles. The number of aliphatic hydroxyl groups excluding tert-OH is 3. The fourth-order valence-corrected chi connectivity index (χ4v) is 2.41. The van der Waals surface area contributed by atoms with Crippen LogP contribution in [-0.4, -0.2) is 56.8 Å². The molecule has 0 bridgehead atoms. The van der Waals surface area contributed by atoms with Gasteiger partial charge >= 0.3 is 11.9 Å². The van der Waals surface area contributed by atoms with Crippen molar-refractivity contribution in [1.82, 2.24) is 0 Å². The summed E-state index contributed by atoms with van der Waals surface area (Å²) in [5.74, 6) is -1.30.